The second kappa shape index (κ2) is 5.55. The molecule has 0 saturated heterocycles. The van der Waals surface area contributed by atoms with Gasteiger partial charge in [0.1, 0.15) is 17.1 Å². The van der Waals surface area contributed by atoms with E-state index in [-0.39, 0.29) is 11.7 Å². The Balaban J connectivity index is 2.04. The Hall–Kier alpha value is -2.17. The average Bonchev–Trinajstić information content (AvgIpc) is 2.78. The van der Waals surface area contributed by atoms with Gasteiger partial charge in [-0.3, -0.25) is 4.79 Å². The fraction of sp³-hybridized carbons (Fsp3) is 0.0625. The molecule has 6 heteroatoms. The number of hydrogen-bond donors (Lipinski definition) is 2. The van der Waals surface area contributed by atoms with Gasteiger partial charge >= 0.3 is 0 Å². The smallest absolute Gasteiger partial charge is 0.259 e. The molecule has 0 unspecified atom stereocenters. The molecule has 2 aromatic carbocycles. The lowest BCUT2D eigenvalue weighted by Crippen LogP contribution is -2.12. The van der Waals surface area contributed by atoms with Crippen LogP contribution in [0.3, 0.4) is 0 Å². The number of halogens is 2. The first-order valence-electron chi connectivity index (χ1n) is 6.44. The topological polar surface area (TPSA) is 62.5 Å². The first-order chi connectivity index (χ1) is 10.5. The molecule has 0 fully saturated rings. The van der Waals surface area contributed by atoms with Gasteiger partial charge in [0.05, 0.1) is 16.3 Å². The number of nitrogens with one attached hydrogen (secondary N) is 1. The fourth-order valence-corrected chi connectivity index (χ4v) is 2.61. The van der Waals surface area contributed by atoms with Crippen molar-refractivity contribution in [1.82, 2.24) is 0 Å². The zero-order valence-corrected chi connectivity index (χ0v) is 13.0. The number of aromatic hydroxyl groups is 1. The lowest BCUT2D eigenvalue weighted by atomic mass is 10.1. The van der Waals surface area contributed by atoms with Crippen molar-refractivity contribution in [3.05, 3.63) is 57.8 Å². The van der Waals surface area contributed by atoms with Gasteiger partial charge in [-0.2, -0.15) is 0 Å². The molecule has 3 aromatic rings. The number of carbonyl (C=O) groups excluding carboxylic acids is 1. The molecule has 22 heavy (non-hydrogen) atoms. The number of aryl methyl sites for hydroxylation is 1. The second-order valence-corrected chi connectivity index (χ2v) is 5.64. The summed E-state index contributed by atoms with van der Waals surface area (Å²) in [4.78, 5) is 12.5. The Bertz CT molecular complexity index is 886. The molecule has 0 radical (unpaired) electrons. The number of fused-ring (bicyclic) bond motifs is 1. The molecule has 0 saturated carbocycles. The lowest BCUT2D eigenvalue weighted by Gasteiger charge is -2.07. The van der Waals surface area contributed by atoms with Gasteiger partial charge in [-0.25, -0.2) is 0 Å². The van der Waals surface area contributed by atoms with E-state index in [0.717, 1.165) is 0 Å². The SMILES string of the molecule is Cc1oc2ccc(O)cc2c1C(=O)Nc1cc(Cl)ccc1Cl. The van der Waals surface area contributed by atoms with Gasteiger partial charge in [0.15, 0.2) is 0 Å². The number of carbonyl (C=O) groups is 1. The van der Waals surface area contributed by atoms with Crippen molar-refractivity contribution in [1.29, 1.82) is 0 Å². The maximum absolute atomic E-state index is 12.5. The molecular formula is C16H11Cl2NO3. The summed E-state index contributed by atoms with van der Waals surface area (Å²) in [7, 11) is 0. The van der Waals surface area contributed by atoms with Crippen LogP contribution in [0.15, 0.2) is 40.8 Å². The van der Waals surface area contributed by atoms with Crippen molar-refractivity contribution < 1.29 is 14.3 Å². The number of phenolic OH excluding ortho intramolecular Hbond substituents is 1. The highest BCUT2D eigenvalue weighted by Gasteiger charge is 2.19. The van der Waals surface area contributed by atoms with E-state index in [0.29, 0.717) is 38.0 Å². The van der Waals surface area contributed by atoms with Crippen molar-refractivity contribution in [3.8, 4) is 5.75 Å². The lowest BCUT2D eigenvalue weighted by molar-refractivity contribution is 0.102. The molecule has 0 atom stereocenters. The summed E-state index contributed by atoms with van der Waals surface area (Å²) in [6.07, 6.45) is 0. The molecule has 0 aliphatic carbocycles. The summed E-state index contributed by atoms with van der Waals surface area (Å²) < 4.78 is 5.54. The van der Waals surface area contributed by atoms with Gasteiger partial charge < -0.3 is 14.8 Å². The highest BCUT2D eigenvalue weighted by Crippen LogP contribution is 2.31. The van der Waals surface area contributed by atoms with Crippen molar-refractivity contribution in [2.45, 2.75) is 6.92 Å². The Morgan fingerprint density at radius 3 is 2.73 bits per heavy atom. The van der Waals surface area contributed by atoms with Gasteiger partial charge in [0, 0.05) is 10.4 Å². The van der Waals surface area contributed by atoms with Gasteiger partial charge in [-0.1, -0.05) is 23.2 Å². The molecular weight excluding hydrogens is 325 g/mol. The summed E-state index contributed by atoms with van der Waals surface area (Å²) in [6, 6.07) is 9.40. The molecule has 1 heterocycles. The van der Waals surface area contributed by atoms with E-state index in [4.69, 9.17) is 27.6 Å². The van der Waals surface area contributed by atoms with Crippen molar-refractivity contribution in [2.75, 3.05) is 5.32 Å². The zero-order valence-electron chi connectivity index (χ0n) is 11.5. The first-order valence-corrected chi connectivity index (χ1v) is 7.20. The van der Waals surface area contributed by atoms with Crippen molar-refractivity contribution >= 4 is 45.8 Å². The van der Waals surface area contributed by atoms with Gasteiger partial charge in [-0.15, -0.1) is 0 Å². The summed E-state index contributed by atoms with van der Waals surface area (Å²) in [6.45, 7) is 1.69. The molecule has 112 valence electrons. The van der Waals surface area contributed by atoms with E-state index in [1.165, 1.54) is 12.1 Å². The maximum Gasteiger partial charge on any atom is 0.259 e. The highest BCUT2D eigenvalue weighted by molar-refractivity contribution is 6.36. The first kappa shape index (κ1) is 14.8. The molecule has 0 aliphatic heterocycles. The van der Waals surface area contributed by atoms with Crippen LogP contribution in [0.25, 0.3) is 11.0 Å². The van der Waals surface area contributed by atoms with Crippen LogP contribution in [0.4, 0.5) is 5.69 Å². The summed E-state index contributed by atoms with van der Waals surface area (Å²) in [5.74, 6) is 0.130. The van der Waals surface area contributed by atoms with Crippen LogP contribution < -0.4 is 5.32 Å². The van der Waals surface area contributed by atoms with E-state index in [1.807, 2.05) is 0 Å². The Morgan fingerprint density at radius 1 is 1.18 bits per heavy atom. The minimum absolute atomic E-state index is 0.0585. The second-order valence-electron chi connectivity index (χ2n) is 4.79. The molecule has 1 aromatic heterocycles. The quantitative estimate of drug-likeness (QED) is 0.692. The van der Waals surface area contributed by atoms with Crippen LogP contribution in [0.5, 0.6) is 5.75 Å². The third-order valence-electron chi connectivity index (χ3n) is 3.25. The van der Waals surface area contributed by atoms with Crippen LogP contribution in [-0.2, 0) is 0 Å². The molecule has 1 amide bonds. The minimum atomic E-state index is -0.383. The number of rotatable bonds is 2. The number of benzene rings is 2. The van der Waals surface area contributed by atoms with Crippen LogP contribution in [0.1, 0.15) is 16.1 Å². The fourth-order valence-electron chi connectivity index (χ4n) is 2.27. The van der Waals surface area contributed by atoms with Crippen molar-refractivity contribution in [2.24, 2.45) is 0 Å². The third-order valence-corrected chi connectivity index (χ3v) is 3.82. The molecule has 2 N–H and O–H groups in total. The number of phenols is 1. The van der Waals surface area contributed by atoms with Gasteiger partial charge in [0.25, 0.3) is 5.91 Å². The predicted molar refractivity (Wildman–Crippen MR) is 87.0 cm³/mol. The van der Waals surface area contributed by atoms with Crippen LogP contribution >= 0.6 is 23.2 Å². The Labute approximate surface area is 136 Å². The normalized spacial score (nSPS) is 10.9. The highest BCUT2D eigenvalue weighted by atomic mass is 35.5. The number of amides is 1. The van der Waals surface area contributed by atoms with Gasteiger partial charge in [0.2, 0.25) is 0 Å². The molecule has 0 bridgehead atoms. The van der Waals surface area contributed by atoms with Crippen LogP contribution in [-0.4, -0.2) is 11.0 Å². The predicted octanol–water partition coefficient (Wildman–Crippen LogP) is 5.01. The number of anilines is 1. The monoisotopic (exact) mass is 335 g/mol. The molecule has 0 spiro atoms. The molecule has 0 aliphatic rings. The van der Waals surface area contributed by atoms with E-state index >= 15 is 0 Å². The van der Waals surface area contributed by atoms with Gasteiger partial charge in [-0.05, 0) is 43.3 Å². The molecule has 4 nitrogen and oxygen atoms in total. The Kier molecular flexibility index (Phi) is 3.72. The van der Waals surface area contributed by atoms with E-state index in [2.05, 4.69) is 5.32 Å². The summed E-state index contributed by atoms with van der Waals surface area (Å²) >= 11 is 12.0. The van der Waals surface area contributed by atoms with E-state index in [1.54, 1.807) is 31.2 Å². The summed E-state index contributed by atoms with van der Waals surface area (Å²) in [5, 5.41) is 13.7. The Morgan fingerprint density at radius 2 is 1.95 bits per heavy atom. The minimum Gasteiger partial charge on any atom is -0.508 e. The standard InChI is InChI=1S/C16H11Cl2NO3/c1-8-15(11-7-10(20)3-5-14(11)22-8)16(21)19-13-6-9(17)2-4-12(13)18/h2-7,20H,1H3,(H,19,21). The maximum atomic E-state index is 12.5. The van der Waals surface area contributed by atoms with Crippen LogP contribution in [0, 0.1) is 6.92 Å². The molecule has 3 rings (SSSR count). The summed E-state index contributed by atoms with van der Waals surface area (Å²) in [5.41, 5.74) is 1.28. The average molecular weight is 336 g/mol. The van der Waals surface area contributed by atoms with E-state index in [9.17, 15) is 9.90 Å². The van der Waals surface area contributed by atoms with E-state index < -0.39 is 0 Å². The number of furan rings is 1. The zero-order chi connectivity index (χ0) is 15.9. The largest absolute Gasteiger partial charge is 0.508 e. The number of hydrogen-bond acceptors (Lipinski definition) is 3. The van der Waals surface area contributed by atoms with Crippen molar-refractivity contribution in [3.63, 3.8) is 0 Å². The third kappa shape index (κ3) is 2.63. The van der Waals surface area contributed by atoms with Crippen LogP contribution in [0.2, 0.25) is 10.0 Å².